The van der Waals surface area contributed by atoms with E-state index in [-0.39, 0.29) is 11.1 Å². The van der Waals surface area contributed by atoms with Crippen molar-refractivity contribution in [2.24, 2.45) is 5.92 Å². The number of alkyl halides is 1. The second kappa shape index (κ2) is 6.66. The normalized spacial score (nSPS) is 22.6. The predicted octanol–water partition coefficient (Wildman–Crippen LogP) is 3.96. The number of aryl methyl sites for hydroxylation is 1. The van der Waals surface area contributed by atoms with E-state index in [0.717, 1.165) is 31.7 Å². The SMILES string of the molecule is Cc1cc(C(=O)NCC2CCCC(Br)C2)c(F)cc1F. The number of nitrogens with one attached hydrogen (secondary N) is 1. The zero-order valence-electron chi connectivity index (χ0n) is 11.4. The topological polar surface area (TPSA) is 29.1 Å². The Bertz CT molecular complexity index is 507. The third-order valence-electron chi connectivity index (χ3n) is 3.76. The summed E-state index contributed by atoms with van der Waals surface area (Å²) in [6.07, 6.45) is 4.40. The highest BCUT2D eigenvalue weighted by Gasteiger charge is 2.21. The van der Waals surface area contributed by atoms with Crippen LogP contribution in [0.2, 0.25) is 0 Å². The van der Waals surface area contributed by atoms with Crippen LogP contribution in [0.1, 0.15) is 41.6 Å². The van der Waals surface area contributed by atoms with Crippen LogP contribution >= 0.6 is 15.9 Å². The zero-order chi connectivity index (χ0) is 14.7. The molecule has 1 fully saturated rings. The van der Waals surface area contributed by atoms with Gasteiger partial charge in [-0.2, -0.15) is 0 Å². The summed E-state index contributed by atoms with van der Waals surface area (Å²) >= 11 is 3.60. The van der Waals surface area contributed by atoms with Crippen molar-refractivity contribution in [2.75, 3.05) is 6.54 Å². The molecule has 0 heterocycles. The van der Waals surface area contributed by atoms with E-state index in [1.807, 2.05) is 0 Å². The number of carbonyl (C=O) groups is 1. The van der Waals surface area contributed by atoms with Crippen molar-refractivity contribution in [3.05, 3.63) is 34.9 Å². The summed E-state index contributed by atoms with van der Waals surface area (Å²) in [6.45, 7) is 2.05. The van der Waals surface area contributed by atoms with E-state index in [9.17, 15) is 13.6 Å². The monoisotopic (exact) mass is 345 g/mol. The van der Waals surface area contributed by atoms with Gasteiger partial charge in [0.05, 0.1) is 5.56 Å². The van der Waals surface area contributed by atoms with Crippen molar-refractivity contribution in [1.29, 1.82) is 0 Å². The summed E-state index contributed by atoms with van der Waals surface area (Å²) in [6, 6.07) is 2.02. The molecule has 110 valence electrons. The Balaban J connectivity index is 1.96. The lowest BCUT2D eigenvalue weighted by molar-refractivity contribution is 0.0939. The van der Waals surface area contributed by atoms with Crippen molar-refractivity contribution >= 4 is 21.8 Å². The van der Waals surface area contributed by atoms with E-state index in [4.69, 9.17) is 0 Å². The standard InChI is InChI=1S/C15H18BrF2NO/c1-9-5-12(14(18)7-13(9)17)15(20)19-8-10-3-2-4-11(16)6-10/h5,7,10-11H,2-4,6,8H2,1H3,(H,19,20). The van der Waals surface area contributed by atoms with Crippen LogP contribution in [-0.2, 0) is 0 Å². The lowest BCUT2D eigenvalue weighted by Crippen LogP contribution is -2.32. The molecule has 2 rings (SSSR count). The highest BCUT2D eigenvalue weighted by molar-refractivity contribution is 9.09. The van der Waals surface area contributed by atoms with Gasteiger partial charge in [-0.1, -0.05) is 22.4 Å². The third kappa shape index (κ3) is 3.78. The number of rotatable bonds is 3. The van der Waals surface area contributed by atoms with Gasteiger partial charge in [-0.05, 0) is 43.7 Å². The van der Waals surface area contributed by atoms with E-state index >= 15 is 0 Å². The molecule has 2 unspecified atom stereocenters. The molecule has 1 N–H and O–H groups in total. The van der Waals surface area contributed by atoms with Gasteiger partial charge in [-0.3, -0.25) is 4.79 Å². The van der Waals surface area contributed by atoms with Gasteiger partial charge in [0.15, 0.2) is 0 Å². The molecular formula is C15H18BrF2NO. The first-order valence-electron chi connectivity index (χ1n) is 6.85. The second-order valence-electron chi connectivity index (χ2n) is 5.42. The van der Waals surface area contributed by atoms with Crippen LogP contribution in [0.5, 0.6) is 0 Å². The van der Waals surface area contributed by atoms with Gasteiger partial charge in [-0.25, -0.2) is 8.78 Å². The maximum absolute atomic E-state index is 13.6. The third-order valence-corrected chi connectivity index (χ3v) is 4.59. The maximum atomic E-state index is 13.6. The van der Waals surface area contributed by atoms with Gasteiger partial charge in [0, 0.05) is 17.4 Å². The Hall–Kier alpha value is -0.970. The van der Waals surface area contributed by atoms with Crippen LogP contribution in [0.15, 0.2) is 12.1 Å². The Kier molecular flexibility index (Phi) is 5.13. The van der Waals surface area contributed by atoms with Crippen molar-refractivity contribution < 1.29 is 13.6 Å². The fourth-order valence-electron chi connectivity index (χ4n) is 2.57. The summed E-state index contributed by atoms with van der Waals surface area (Å²) in [5.41, 5.74) is 0.185. The van der Waals surface area contributed by atoms with Crippen LogP contribution in [0.4, 0.5) is 8.78 Å². The summed E-state index contributed by atoms with van der Waals surface area (Å²) in [5.74, 6) is -1.50. The van der Waals surface area contributed by atoms with Gasteiger partial charge < -0.3 is 5.32 Å². The predicted molar refractivity (Wildman–Crippen MR) is 78.1 cm³/mol. The molecule has 5 heteroatoms. The van der Waals surface area contributed by atoms with Crippen LogP contribution in [-0.4, -0.2) is 17.3 Å². The second-order valence-corrected chi connectivity index (χ2v) is 6.72. The Morgan fingerprint density at radius 1 is 1.35 bits per heavy atom. The van der Waals surface area contributed by atoms with E-state index in [1.165, 1.54) is 13.0 Å². The molecule has 1 amide bonds. The minimum absolute atomic E-state index is 0.0879. The van der Waals surface area contributed by atoms with Crippen molar-refractivity contribution in [3.8, 4) is 0 Å². The molecule has 1 aromatic rings. The molecule has 1 aliphatic carbocycles. The van der Waals surface area contributed by atoms with Crippen LogP contribution in [0.25, 0.3) is 0 Å². The van der Waals surface area contributed by atoms with Crippen LogP contribution in [0, 0.1) is 24.5 Å². The van der Waals surface area contributed by atoms with E-state index in [1.54, 1.807) is 0 Å². The largest absolute Gasteiger partial charge is 0.352 e. The summed E-state index contributed by atoms with van der Waals surface area (Å²) < 4.78 is 26.8. The number of hydrogen-bond acceptors (Lipinski definition) is 1. The first-order valence-corrected chi connectivity index (χ1v) is 7.77. The molecular weight excluding hydrogens is 328 g/mol. The van der Waals surface area contributed by atoms with Gasteiger partial charge in [0.25, 0.3) is 5.91 Å². The zero-order valence-corrected chi connectivity index (χ0v) is 13.0. The highest BCUT2D eigenvalue weighted by Crippen LogP contribution is 2.28. The maximum Gasteiger partial charge on any atom is 0.254 e. The molecule has 2 nitrogen and oxygen atoms in total. The number of benzene rings is 1. The molecule has 2 atom stereocenters. The summed E-state index contributed by atoms with van der Waals surface area (Å²) in [4.78, 5) is 12.5. The molecule has 0 aliphatic heterocycles. The molecule has 1 saturated carbocycles. The molecule has 0 aromatic heterocycles. The van der Waals surface area contributed by atoms with Crippen molar-refractivity contribution in [2.45, 2.75) is 37.4 Å². The molecule has 20 heavy (non-hydrogen) atoms. The smallest absolute Gasteiger partial charge is 0.254 e. The molecule has 0 spiro atoms. The van der Waals surface area contributed by atoms with Crippen LogP contribution < -0.4 is 5.32 Å². The number of halogens is 3. The summed E-state index contributed by atoms with van der Waals surface area (Å²) in [5, 5.41) is 2.75. The average molecular weight is 346 g/mol. The molecule has 0 radical (unpaired) electrons. The lowest BCUT2D eigenvalue weighted by atomic mass is 9.89. The Morgan fingerprint density at radius 2 is 2.10 bits per heavy atom. The first-order chi connectivity index (χ1) is 9.47. The van der Waals surface area contributed by atoms with E-state index in [2.05, 4.69) is 21.2 Å². The fraction of sp³-hybridized carbons (Fsp3) is 0.533. The fourth-order valence-corrected chi connectivity index (χ4v) is 3.43. The first kappa shape index (κ1) is 15.4. The van der Waals surface area contributed by atoms with Gasteiger partial charge in [0.1, 0.15) is 11.6 Å². The summed E-state index contributed by atoms with van der Waals surface area (Å²) in [7, 11) is 0. The van der Waals surface area contributed by atoms with Crippen LogP contribution in [0.3, 0.4) is 0 Å². The lowest BCUT2D eigenvalue weighted by Gasteiger charge is -2.25. The number of amides is 1. The number of carbonyl (C=O) groups excluding carboxylic acids is 1. The molecule has 1 aliphatic rings. The van der Waals surface area contributed by atoms with Crippen molar-refractivity contribution in [1.82, 2.24) is 5.32 Å². The quantitative estimate of drug-likeness (QED) is 0.825. The molecule has 0 saturated heterocycles. The number of hydrogen-bond donors (Lipinski definition) is 1. The van der Waals surface area contributed by atoms with E-state index in [0.29, 0.717) is 17.3 Å². The van der Waals surface area contributed by atoms with Gasteiger partial charge in [0.2, 0.25) is 0 Å². The Labute approximate surface area is 126 Å². The molecule has 0 bridgehead atoms. The Morgan fingerprint density at radius 3 is 2.80 bits per heavy atom. The van der Waals surface area contributed by atoms with Crippen molar-refractivity contribution in [3.63, 3.8) is 0 Å². The van der Waals surface area contributed by atoms with Gasteiger partial charge in [-0.15, -0.1) is 0 Å². The minimum Gasteiger partial charge on any atom is -0.352 e. The highest BCUT2D eigenvalue weighted by atomic mass is 79.9. The molecule has 1 aromatic carbocycles. The van der Waals surface area contributed by atoms with Gasteiger partial charge >= 0.3 is 0 Å². The minimum atomic E-state index is -0.812. The van der Waals surface area contributed by atoms with E-state index < -0.39 is 17.5 Å². The average Bonchev–Trinajstić information content (AvgIpc) is 2.40.